The van der Waals surface area contributed by atoms with Crippen molar-refractivity contribution in [1.29, 1.82) is 0 Å². The number of nitrogens with zero attached hydrogens (tertiary/aromatic N) is 3. The lowest BCUT2D eigenvalue weighted by molar-refractivity contribution is -0.135. The van der Waals surface area contributed by atoms with Gasteiger partial charge < -0.3 is 15.1 Å². The highest BCUT2D eigenvalue weighted by molar-refractivity contribution is 5.96. The van der Waals surface area contributed by atoms with Crippen LogP contribution in [0.4, 0.5) is 4.39 Å². The first-order chi connectivity index (χ1) is 19.8. The van der Waals surface area contributed by atoms with Crippen LogP contribution in [0.1, 0.15) is 57.1 Å². The monoisotopic (exact) mass is 562 g/mol. The minimum absolute atomic E-state index is 0.0652. The van der Waals surface area contributed by atoms with E-state index >= 15 is 0 Å². The molecule has 7 nitrogen and oxygen atoms in total. The third-order valence-corrected chi connectivity index (χ3v) is 7.82. The van der Waals surface area contributed by atoms with Crippen LogP contribution in [-0.4, -0.2) is 77.2 Å². The molecule has 0 unspecified atom stereocenters. The summed E-state index contributed by atoms with van der Waals surface area (Å²) in [6.45, 7) is 7.83. The number of carbonyl (C=O) groups is 3. The molecule has 2 aromatic rings. The van der Waals surface area contributed by atoms with Crippen molar-refractivity contribution in [3.63, 3.8) is 0 Å². The van der Waals surface area contributed by atoms with Crippen LogP contribution < -0.4 is 5.32 Å². The fraction of sp³-hybridized carbons (Fsp3) is 0.485. The van der Waals surface area contributed by atoms with E-state index in [-0.39, 0.29) is 35.5 Å². The Kier molecular flexibility index (Phi) is 11.1. The second kappa shape index (κ2) is 14.9. The third kappa shape index (κ3) is 8.98. The quantitative estimate of drug-likeness (QED) is 0.527. The van der Waals surface area contributed by atoms with Crippen molar-refractivity contribution in [2.75, 3.05) is 32.7 Å². The molecule has 2 heterocycles. The lowest BCUT2D eigenvalue weighted by Gasteiger charge is -2.31. The zero-order valence-electron chi connectivity index (χ0n) is 24.3. The number of nitrogens with one attached hydrogen (secondary N) is 1. The predicted octanol–water partition coefficient (Wildman–Crippen LogP) is 4.49. The number of rotatable bonds is 6. The molecule has 0 aromatic heterocycles. The molecular weight excluding hydrogens is 519 g/mol. The highest BCUT2D eigenvalue weighted by Gasteiger charge is 2.42. The summed E-state index contributed by atoms with van der Waals surface area (Å²) in [5.74, 6) is -0.358. The van der Waals surface area contributed by atoms with E-state index in [1.54, 1.807) is 11.0 Å². The van der Waals surface area contributed by atoms with Crippen LogP contribution in [0.5, 0.6) is 0 Å². The van der Waals surface area contributed by atoms with Crippen molar-refractivity contribution in [1.82, 2.24) is 20.0 Å². The van der Waals surface area contributed by atoms with Gasteiger partial charge in [-0.1, -0.05) is 56.3 Å². The summed E-state index contributed by atoms with van der Waals surface area (Å²) in [4.78, 5) is 46.1. The van der Waals surface area contributed by atoms with Crippen LogP contribution in [-0.2, 0) is 20.9 Å². The molecule has 2 aliphatic heterocycles. The Balaban J connectivity index is 1.52. The molecule has 0 aliphatic carbocycles. The standard InChI is InChI=1S/C33H43FN4O3/c1-25(2)21-32(40)37-20-8-19-36(23-27-11-14-28(34)15-12-27)18-7-6-17-35-33(41)30-22-29(37)24-38(30)31(39)16-13-26-9-4-3-5-10-26/h3-5,9-16,25,29-30H,6-8,17-24H2,1-2H3,(H,35,41)/b16-13+/t29-,30-/m0/s1. The normalized spacial score (nSPS) is 21.2. The van der Waals surface area contributed by atoms with Gasteiger partial charge in [-0.3, -0.25) is 19.3 Å². The maximum Gasteiger partial charge on any atom is 0.247 e. The summed E-state index contributed by atoms with van der Waals surface area (Å²) in [6, 6.07) is 15.4. The number of hydrogen-bond acceptors (Lipinski definition) is 4. The van der Waals surface area contributed by atoms with Crippen LogP contribution in [0, 0.1) is 11.7 Å². The maximum absolute atomic E-state index is 13.5. The zero-order chi connectivity index (χ0) is 29.2. The third-order valence-electron chi connectivity index (χ3n) is 7.82. The van der Waals surface area contributed by atoms with Gasteiger partial charge in [0.05, 0.1) is 6.04 Å². The van der Waals surface area contributed by atoms with E-state index < -0.39 is 6.04 Å². The first-order valence-electron chi connectivity index (χ1n) is 14.9. The molecule has 0 saturated carbocycles. The average Bonchev–Trinajstić information content (AvgIpc) is 3.39. The zero-order valence-corrected chi connectivity index (χ0v) is 24.3. The van der Waals surface area contributed by atoms with E-state index in [1.165, 1.54) is 18.2 Å². The Morgan fingerprint density at radius 3 is 2.44 bits per heavy atom. The number of amides is 3. The summed E-state index contributed by atoms with van der Waals surface area (Å²) < 4.78 is 13.4. The van der Waals surface area contributed by atoms with Gasteiger partial charge in [0.25, 0.3) is 0 Å². The van der Waals surface area contributed by atoms with Gasteiger partial charge in [0.1, 0.15) is 11.9 Å². The molecule has 0 spiro atoms. The van der Waals surface area contributed by atoms with E-state index in [0.29, 0.717) is 39.0 Å². The lowest BCUT2D eigenvalue weighted by atomic mass is 10.1. The largest absolute Gasteiger partial charge is 0.354 e. The van der Waals surface area contributed by atoms with E-state index in [2.05, 4.69) is 10.2 Å². The van der Waals surface area contributed by atoms with Crippen molar-refractivity contribution in [2.45, 2.75) is 64.6 Å². The Morgan fingerprint density at radius 1 is 0.976 bits per heavy atom. The molecule has 2 saturated heterocycles. The summed E-state index contributed by atoms with van der Waals surface area (Å²) in [6.07, 6.45) is 6.65. The lowest BCUT2D eigenvalue weighted by Crippen LogP contribution is -2.45. The van der Waals surface area contributed by atoms with E-state index in [1.807, 2.05) is 61.2 Å². The van der Waals surface area contributed by atoms with Crippen LogP contribution >= 0.6 is 0 Å². The second-order valence-electron chi connectivity index (χ2n) is 11.6. The van der Waals surface area contributed by atoms with Gasteiger partial charge in [-0.25, -0.2) is 4.39 Å². The average molecular weight is 563 g/mol. The van der Waals surface area contributed by atoms with Gasteiger partial charge in [-0.2, -0.15) is 0 Å². The number of benzene rings is 2. The smallest absolute Gasteiger partial charge is 0.247 e. The molecule has 0 radical (unpaired) electrons. The Labute approximate surface area is 243 Å². The molecule has 41 heavy (non-hydrogen) atoms. The van der Waals surface area contributed by atoms with Gasteiger partial charge in [0.15, 0.2) is 0 Å². The highest BCUT2D eigenvalue weighted by Crippen LogP contribution is 2.25. The predicted molar refractivity (Wildman–Crippen MR) is 159 cm³/mol. The number of hydrogen-bond donors (Lipinski definition) is 1. The second-order valence-corrected chi connectivity index (χ2v) is 11.6. The molecule has 4 rings (SSSR count). The molecule has 1 N–H and O–H groups in total. The fourth-order valence-electron chi connectivity index (χ4n) is 5.71. The molecule has 8 heteroatoms. The molecule has 2 aromatic carbocycles. The van der Waals surface area contributed by atoms with Gasteiger partial charge in [0.2, 0.25) is 17.7 Å². The van der Waals surface area contributed by atoms with Crippen LogP contribution in [0.3, 0.4) is 0 Å². The van der Waals surface area contributed by atoms with E-state index in [4.69, 9.17) is 0 Å². The van der Waals surface area contributed by atoms with Crippen LogP contribution in [0.25, 0.3) is 6.08 Å². The first kappa shape index (κ1) is 30.4. The molecular formula is C33H43FN4O3. The van der Waals surface area contributed by atoms with Gasteiger partial charge in [-0.05, 0) is 67.5 Å². The summed E-state index contributed by atoms with van der Waals surface area (Å²) >= 11 is 0. The van der Waals surface area contributed by atoms with Gasteiger partial charge >= 0.3 is 0 Å². The molecule has 3 amide bonds. The number of fused-ring (bicyclic) bond motifs is 2. The highest BCUT2D eigenvalue weighted by atomic mass is 19.1. The van der Waals surface area contributed by atoms with Crippen molar-refractivity contribution < 1.29 is 18.8 Å². The Morgan fingerprint density at radius 2 is 1.71 bits per heavy atom. The van der Waals surface area contributed by atoms with Crippen molar-refractivity contribution in [2.24, 2.45) is 5.92 Å². The summed E-state index contributed by atoms with van der Waals surface area (Å²) in [5, 5.41) is 3.05. The SMILES string of the molecule is CC(C)CC(=O)N1CCCN(Cc2ccc(F)cc2)CCCCNC(=O)[C@@H]2C[C@H]1CN2C(=O)/C=C/c1ccccc1. The molecule has 2 atom stereocenters. The van der Waals surface area contributed by atoms with Crippen molar-refractivity contribution in [3.05, 3.63) is 77.6 Å². The maximum atomic E-state index is 13.5. The van der Waals surface area contributed by atoms with Crippen LogP contribution in [0.15, 0.2) is 60.7 Å². The Bertz CT molecular complexity index is 1180. The van der Waals surface area contributed by atoms with Crippen molar-refractivity contribution >= 4 is 23.8 Å². The minimum Gasteiger partial charge on any atom is -0.354 e. The van der Waals surface area contributed by atoms with Gasteiger partial charge in [-0.15, -0.1) is 0 Å². The van der Waals surface area contributed by atoms with Crippen LogP contribution in [0.2, 0.25) is 0 Å². The Hall–Kier alpha value is -3.52. The number of halogens is 1. The fourth-order valence-corrected chi connectivity index (χ4v) is 5.71. The van der Waals surface area contributed by atoms with E-state index in [0.717, 1.165) is 43.5 Å². The topological polar surface area (TPSA) is 73.0 Å². The molecule has 2 aliphatic rings. The van der Waals surface area contributed by atoms with Gasteiger partial charge in [0, 0.05) is 45.2 Å². The molecule has 2 fully saturated rings. The van der Waals surface area contributed by atoms with E-state index in [9.17, 15) is 18.8 Å². The summed E-state index contributed by atoms with van der Waals surface area (Å²) in [5.41, 5.74) is 1.96. The minimum atomic E-state index is -0.611. The molecule has 220 valence electrons. The molecule has 2 bridgehead atoms. The first-order valence-corrected chi connectivity index (χ1v) is 14.9. The summed E-state index contributed by atoms with van der Waals surface area (Å²) in [7, 11) is 0. The van der Waals surface area contributed by atoms with Crippen molar-refractivity contribution in [3.8, 4) is 0 Å². The number of likely N-dealkylation sites (tertiary alicyclic amines) is 1. The number of carbonyl (C=O) groups excluding carboxylic acids is 3.